The Morgan fingerprint density at radius 2 is 1.76 bits per heavy atom. The Labute approximate surface area is 170 Å². The Morgan fingerprint density at radius 1 is 1.07 bits per heavy atom. The minimum absolute atomic E-state index is 0.0559. The van der Waals surface area contributed by atoms with Crippen molar-refractivity contribution in [2.24, 2.45) is 14.1 Å². The molecule has 3 heterocycles. The largest absolute Gasteiger partial charge is 0.376 e. The molecule has 0 bridgehead atoms. The van der Waals surface area contributed by atoms with Gasteiger partial charge in [0.05, 0.1) is 22.7 Å². The van der Waals surface area contributed by atoms with Crippen LogP contribution in [0, 0.1) is 0 Å². The van der Waals surface area contributed by atoms with Crippen molar-refractivity contribution in [1.29, 1.82) is 0 Å². The maximum Gasteiger partial charge on any atom is 0.330 e. The van der Waals surface area contributed by atoms with E-state index in [1.165, 1.54) is 17.2 Å². The predicted octanol–water partition coefficient (Wildman–Crippen LogP) is 3.18. The number of aromatic nitrogens is 3. The van der Waals surface area contributed by atoms with Crippen molar-refractivity contribution >= 4 is 10.9 Å². The molecule has 1 fully saturated rings. The second-order valence-electron chi connectivity index (χ2n) is 9.06. The summed E-state index contributed by atoms with van der Waals surface area (Å²) in [4.78, 5) is 25.5. The second-order valence-corrected chi connectivity index (χ2v) is 9.06. The Balaban J connectivity index is 1.96. The smallest absolute Gasteiger partial charge is 0.330 e. The van der Waals surface area contributed by atoms with E-state index in [2.05, 4.69) is 49.6 Å². The standard InChI is InChI=1S/C23H29N3O3/c1-23(2,3)16-10-8-15(9-11-16)20-19-18(24(4)22(28)25(5)21(19)27)14-26(20)13-17-7-6-12-29-17/h8-11,14,17H,6-7,12-13H2,1-5H3/t17-/m0/s1. The van der Waals surface area contributed by atoms with Crippen LogP contribution in [0.5, 0.6) is 0 Å². The van der Waals surface area contributed by atoms with Gasteiger partial charge in [0.1, 0.15) is 0 Å². The maximum atomic E-state index is 13.1. The van der Waals surface area contributed by atoms with Crippen molar-refractivity contribution in [2.75, 3.05) is 6.61 Å². The number of hydrogen-bond acceptors (Lipinski definition) is 3. The Hall–Kier alpha value is -2.60. The predicted molar refractivity (Wildman–Crippen MR) is 116 cm³/mol. The summed E-state index contributed by atoms with van der Waals surface area (Å²) in [5, 5.41) is 0.580. The van der Waals surface area contributed by atoms with E-state index >= 15 is 0 Å². The molecule has 0 unspecified atom stereocenters. The van der Waals surface area contributed by atoms with Gasteiger partial charge in [-0.15, -0.1) is 0 Å². The lowest BCUT2D eigenvalue weighted by Crippen LogP contribution is -2.36. The third-order valence-electron chi connectivity index (χ3n) is 5.96. The van der Waals surface area contributed by atoms with Gasteiger partial charge < -0.3 is 9.30 Å². The Kier molecular flexibility index (Phi) is 4.77. The van der Waals surface area contributed by atoms with Gasteiger partial charge in [-0.3, -0.25) is 13.9 Å². The molecule has 0 aliphatic carbocycles. The second kappa shape index (κ2) is 7.02. The zero-order chi connectivity index (χ0) is 20.9. The molecule has 1 aliphatic rings. The molecule has 3 aromatic rings. The van der Waals surface area contributed by atoms with Gasteiger partial charge in [-0.1, -0.05) is 45.0 Å². The van der Waals surface area contributed by atoms with Crippen molar-refractivity contribution in [3.05, 3.63) is 56.9 Å². The first-order valence-electron chi connectivity index (χ1n) is 10.2. The van der Waals surface area contributed by atoms with E-state index in [9.17, 15) is 9.59 Å². The summed E-state index contributed by atoms with van der Waals surface area (Å²) in [5.74, 6) is 0. The number of hydrogen-bond donors (Lipinski definition) is 0. The molecule has 1 aromatic carbocycles. The molecule has 29 heavy (non-hydrogen) atoms. The number of rotatable bonds is 3. The summed E-state index contributed by atoms with van der Waals surface area (Å²) in [7, 11) is 3.25. The molecule has 0 radical (unpaired) electrons. The van der Waals surface area contributed by atoms with E-state index in [1.54, 1.807) is 11.6 Å². The monoisotopic (exact) mass is 395 g/mol. The van der Waals surface area contributed by atoms with Gasteiger partial charge in [0.25, 0.3) is 5.56 Å². The van der Waals surface area contributed by atoms with Crippen LogP contribution >= 0.6 is 0 Å². The fraction of sp³-hybridized carbons (Fsp3) is 0.478. The highest BCUT2D eigenvalue weighted by Gasteiger charge is 2.23. The molecular weight excluding hydrogens is 366 g/mol. The Morgan fingerprint density at radius 3 is 2.34 bits per heavy atom. The molecule has 0 N–H and O–H groups in total. The number of aryl methyl sites for hydroxylation is 1. The van der Waals surface area contributed by atoms with E-state index in [-0.39, 0.29) is 22.8 Å². The molecule has 6 heteroatoms. The van der Waals surface area contributed by atoms with Gasteiger partial charge in [-0.2, -0.15) is 0 Å². The third-order valence-corrected chi connectivity index (χ3v) is 5.96. The quantitative estimate of drug-likeness (QED) is 0.684. The van der Waals surface area contributed by atoms with Crippen LogP contribution in [0.15, 0.2) is 40.1 Å². The normalized spacial score (nSPS) is 17.3. The average Bonchev–Trinajstić information content (AvgIpc) is 3.32. The van der Waals surface area contributed by atoms with Gasteiger partial charge in [0, 0.05) is 33.4 Å². The summed E-state index contributed by atoms with van der Waals surface area (Å²) in [6.07, 6.45) is 4.12. The van der Waals surface area contributed by atoms with Crippen LogP contribution in [0.1, 0.15) is 39.2 Å². The van der Waals surface area contributed by atoms with Crippen LogP contribution in [-0.4, -0.2) is 26.4 Å². The molecule has 1 saturated heterocycles. The highest BCUT2D eigenvalue weighted by molar-refractivity contribution is 5.93. The van der Waals surface area contributed by atoms with Gasteiger partial charge in [-0.05, 0) is 29.4 Å². The van der Waals surface area contributed by atoms with Crippen molar-refractivity contribution in [3.8, 4) is 11.3 Å². The highest BCUT2D eigenvalue weighted by atomic mass is 16.5. The first kappa shape index (κ1) is 19.7. The van der Waals surface area contributed by atoms with Gasteiger partial charge in [0.15, 0.2) is 0 Å². The summed E-state index contributed by atoms with van der Waals surface area (Å²) in [6.45, 7) is 8.00. The van der Waals surface area contributed by atoms with Crippen molar-refractivity contribution < 1.29 is 4.74 Å². The molecule has 6 nitrogen and oxygen atoms in total. The summed E-state index contributed by atoms with van der Waals surface area (Å²) >= 11 is 0. The minimum Gasteiger partial charge on any atom is -0.376 e. The Bertz CT molecular complexity index is 1170. The lowest BCUT2D eigenvalue weighted by molar-refractivity contribution is 0.0975. The van der Waals surface area contributed by atoms with Crippen molar-refractivity contribution in [2.45, 2.75) is 51.7 Å². The topological polar surface area (TPSA) is 58.2 Å². The van der Waals surface area contributed by atoms with Crippen LogP contribution in [0.25, 0.3) is 22.2 Å². The molecule has 0 saturated carbocycles. The molecule has 1 atom stereocenters. The summed E-state index contributed by atoms with van der Waals surface area (Å²) in [6, 6.07) is 8.39. The molecule has 1 aliphatic heterocycles. The third kappa shape index (κ3) is 3.35. The van der Waals surface area contributed by atoms with Crippen LogP contribution < -0.4 is 11.2 Å². The van der Waals surface area contributed by atoms with E-state index in [0.29, 0.717) is 17.4 Å². The summed E-state index contributed by atoms with van der Waals surface area (Å²) in [5.41, 5.74) is 3.21. The van der Waals surface area contributed by atoms with Crippen LogP contribution in [-0.2, 0) is 30.8 Å². The average molecular weight is 396 g/mol. The zero-order valence-corrected chi connectivity index (χ0v) is 17.9. The lowest BCUT2D eigenvalue weighted by Gasteiger charge is -2.20. The van der Waals surface area contributed by atoms with E-state index < -0.39 is 0 Å². The molecular formula is C23H29N3O3. The molecule has 4 rings (SSSR count). The number of ether oxygens (including phenoxy) is 1. The number of fused-ring (bicyclic) bond motifs is 1. The van der Waals surface area contributed by atoms with E-state index in [4.69, 9.17) is 4.74 Å². The highest BCUT2D eigenvalue weighted by Crippen LogP contribution is 2.31. The molecule has 0 spiro atoms. The van der Waals surface area contributed by atoms with Crippen LogP contribution in [0.3, 0.4) is 0 Å². The number of nitrogens with zero attached hydrogens (tertiary/aromatic N) is 3. The molecule has 2 aromatic heterocycles. The van der Waals surface area contributed by atoms with Gasteiger partial charge in [0.2, 0.25) is 0 Å². The first-order valence-corrected chi connectivity index (χ1v) is 10.2. The fourth-order valence-corrected chi connectivity index (χ4v) is 4.18. The van der Waals surface area contributed by atoms with Gasteiger partial charge >= 0.3 is 5.69 Å². The van der Waals surface area contributed by atoms with Gasteiger partial charge in [-0.25, -0.2) is 4.79 Å². The summed E-state index contributed by atoms with van der Waals surface area (Å²) < 4.78 is 10.7. The molecule has 0 amide bonds. The van der Waals surface area contributed by atoms with Crippen molar-refractivity contribution in [3.63, 3.8) is 0 Å². The van der Waals surface area contributed by atoms with Crippen LogP contribution in [0.4, 0.5) is 0 Å². The van der Waals surface area contributed by atoms with Crippen molar-refractivity contribution in [1.82, 2.24) is 13.7 Å². The first-order chi connectivity index (χ1) is 13.7. The van der Waals surface area contributed by atoms with E-state index in [0.717, 1.165) is 30.7 Å². The lowest BCUT2D eigenvalue weighted by atomic mass is 9.86. The zero-order valence-electron chi connectivity index (χ0n) is 17.9. The van der Waals surface area contributed by atoms with E-state index in [1.807, 2.05) is 6.20 Å². The maximum absolute atomic E-state index is 13.1. The fourth-order valence-electron chi connectivity index (χ4n) is 4.18. The SMILES string of the molecule is Cn1c(=O)c2c(-c3ccc(C(C)(C)C)cc3)n(C[C@@H]3CCCO3)cc2n(C)c1=O. The molecule has 154 valence electrons. The minimum atomic E-state index is -0.314. The van der Waals surface area contributed by atoms with Crippen LogP contribution in [0.2, 0.25) is 0 Å². The number of benzene rings is 1.